The minimum atomic E-state index is -4.75. The maximum Gasteiger partial charge on any atom is 0.296 e. The number of phenols is 1. The van der Waals surface area contributed by atoms with E-state index < -0.39 is 35.8 Å². The van der Waals surface area contributed by atoms with Crippen LogP contribution in [0.3, 0.4) is 0 Å². The zero-order valence-electron chi connectivity index (χ0n) is 14.2. The SMILES string of the molecule is Nc1cccc(Cc2c(N)c(S(=O)(=O)O)cc3cc(S(=O)(=O)O)cc(O)c23)c1. The maximum absolute atomic E-state index is 11.7. The van der Waals surface area contributed by atoms with Crippen LogP contribution in [0.1, 0.15) is 11.1 Å². The van der Waals surface area contributed by atoms with E-state index in [4.69, 9.17) is 11.5 Å². The molecule has 0 bridgehead atoms. The lowest BCUT2D eigenvalue weighted by molar-refractivity contribution is 0.470. The van der Waals surface area contributed by atoms with Crippen molar-refractivity contribution < 1.29 is 31.0 Å². The number of hydrogen-bond donors (Lipinski definition) is 5. The van der Waals surface area contributed by atoms with Crippen LogP contribution in [0, 0.1) is 0 Å². The lowest BCUT2D eigenvalue weighted by Gasteiger charge is -2.16. The quantitative estimate of drug-likeness (QED) is 0.308. The predicted molar refractivity (Wildman–Crippen MR) is 103 cm³/mol. The van der Waals surface area contributed by atoms with Crippen molar-refractivity contribution in [2.24, 2.45) is 0 Å². The molecule has 0 aliphatic heterocycles. The van der Waals surface area contributed by atoms with E-state index in [1.807, 2.05) is 0 Å². The molecule has 0 unspecified atom stereocenters. The number of nitrogen functional groups attached to an aromatic ring is 2. The third kappa shape index (κ3) is 3.73. The highest BCUT2D eigenvalue weighted by Gasteiger charge is 2.23. The second-order valence-electron chi connectivity index (χ2n) is 6.18. The zero-order chi connectivity index (χ0) is 20.9. The minimum absolute atomic E-state index is 0.0372. The van der Waals surface area contributed by atoms with Crippen LogP contribution in [0.4, 0.5) is 11.4 Å². The van der Waals surface area contributed by atoms with Gasteiger partial charge in [-0.3, -0.25) is 9.11 Å². The van der Waals surface area contributed by atoms with Crippen molar-refractivity contribution >= 4 is 42.4 Å². The summed E-state index contributed by atoms with van der Waals surface area (Å²) >= 11 is 0. The molecular formula is C17H16N2O7S2. The van der Waals surface area contributed by atoms with Crippen molar-refractivity contribution in [3.8, 4) is 5.75 Å². The van der Waals surface area contributed by atoms with Crippen molar-refractivity contribution in [1.82, 2.24) is 0 Å². The van der Waals surface area contributed by atoms with Gasteiger partial charge in [-0.2, -0.15) is 16.8 Å². The summed E-state index contributed by atoms with van der Waals surface area (Å²) in [7, 11) is -9.42. The monoisotopic (exact) mass is 424 g/mol. The molecule has 0 fully saturated rings. The molecule has 0 aromatic heterocycles. The molecule has 0 aliphatic carbocycles. The van der Waals surface area contributed by atoms with E-state index in [1.54, 1.807) is 24.3 Å². The smallest absolute Gasteiger partial charge is 0.296 e. The van der Waals surface area contributed by atoms with Gasteiger partial charge in [0.05, 0.1) is 10.6 Å². The molecule has 3 aromatic carbocycles. The Hall–Kier alpha value is -2.86. The standard InChI is InChI=1S/C17H16N2O7S2/c18-11-3-1-2-9(4-11)5-13-16-10(7-15(17(13)19)28(24,25)26)6-12(8-14(16)20)27(21,22)23/h1-4,6-8,20H,5,18-19H2,(H,21,22,23)(H,24,25,26). The molecule has 0 radical (unpaired) electrons. The summed E-state index contributed by atoms with van der Waals surface area (Å²) in [6.07, 6.45) is 0.0372. The fraction of sp³-hybridized carbons (Fsp3) is 0.0588. The normalized spacial score (nSPS) is 12.4. The van der Waals surface area contributed by atoms with Gasteiger partial charge in [0.2, 0.25) is 0 Å². The molecule has 0 amide bonds. The Bertz CT molecular complexity index is 1320. The Morgan fingerprint density at radius 1 is 0.893 bits per heavy atom. The first-order chi connectivity index (χ1) is 12.9. The van der Waals surface area contributed by atoms with Gasteiger partial charge in [0, 0.05) is 23.6 Å². The largest absolute Gasteiger partial charge is 0.507 e. The fourth-order valence-electron chi connectivity index (χ4n) is 3.02. The van der Waals surface area contributed by atoms with E-state index in [0.717, 1.165) is 18.2 Å². The van der Waals surface area contributed by atoms with Crippen LogP contribution in [0.2, 0.25) is 0 Å². The fourth-order valence-corrected chi connectivity index (χ4v) is 4.23. The number of anilines is 2. The topological polar surface area (TPSA) is 181 Å². The van der Waals surface area contributed by atoms with Crippen LogP contribution in [0.25, 0.3) is 10.8 Å². The summed E-state index contributed by atoms with van der Waals surface area (Å²) in [5.41, 5.74) is 12.6. The Balaban J connectivity index is 2.41. The average Bonchev–Trinajstić information content (AvgIpc) is 2.55. The van der Waals surface area contributed by atoms with Gasteiger partial charge in [0.15, 0.2) is 0 Å². The lowest BCUT2D eigenvalue weighted by atomic mass is 9.96. The van der Waals surface area contributed by atoms with E-state index in [2.05, 4.69) is 0 Å². The van der Waals surface area contributed by atoms with Crippen LogP contribution in [-0.2, 0) is 26.7 Å². The van der Waals surface area contributed by atoms with Crippen molar-refractivity contribution in [3.05, 3.63) is 53.6 Å². The highest BCUT2D eigenvalue weighted by molar-refractivity contribution is 7.86. The van der Waals surface area contributed by atoms with Crippen LogP contribution in [-0.4, -0.2) is 31.0 Å². The highest BCUT2D eigenvalue weighted by Crippen LogP contribution is 2.39. The number of nitrogens with two attached hydrogens (primary N) is 2. The second kappa shape index (κ2) is 6.63. The third-order valence-electron chi connectivity index (χ3n) is 4.21. The molecule has 7 N–H and O–H groups in total. The van der Waals surface area contributed by atoms with E-state index in [9.17, 15) is 31.0 Å². The van der Waals surface area contributed by atoms with E-state index >= 15 is 0 Å². The van der Waals surface area contributed by atoms with Crippen LogP contribution in [0.15, 0.2) is 52.3 Å². The molecular weight excluding hydrogens is 408 g/mol. The Morgan fingerprint density at radius 2 is 1.57 bits per heavy atom. The van der Waals surface area contributed by atoms with Gasteiger partial charge in [0.25, 0.3) is 20.2 Å². The number of aromatic hydroxyl groups is 1. The van der Waals surface area contributed by atoms with E-state index in [1.165, 1.54) is 0 Å². The van der Waals surface area contributed by atoms with Gasteiger partial charge in [-0.25, -0.2) is 0 Å². The number of hydrogen-bond acceptors (Lipinski definition) is 7. The zero-order valence-corrected chi connectivity index (χ0v) is 15.8. The molecule has 148 valence electrons. The molecule has 0 heterocycles. The molecule has 0 saturated heterocycles. The van der Waals surface area contributed by atoms with Crippen molar-refractivity contribution in [2.75, 3.05) is 11.5 Å². The Labute approximate surface area is 160 Å². The molecule has 0 spiro atoms. The number of fused-ring (bicyclic) bond motifs is 1. The molecule has 3 aromatic rings. The van der Waals surface area contributed by atoms with Crippen LogP contribution < -0.4 is 11.5 Å². The summed E-state index contributed by atoms with van der Waals surface area (Å²) < 4.78 is 65.1. The first kappa shape index (κ1) is 19.9. The summed E-state index contributed by atoms with van der Waals surface area (Å²) in [6.45, 7) is 0. The summed E-state index contributed by atoms with van der Waals surface area (Å²) in [5, 5.41) is 10.4. The minimum Gasteiger partial charge on any atom is -0.507 e. The van der Waals surface area contributed by atoms with Gasteiger partial charge < -0.3 is 16.6 Å². The number of benzene rings is 3. The molecule has 28 heavy (non-hydrogen) atoms. The first-order valence-corrected chi connectivity index (χ1v) is 10.6. The maximum atomic E-state index is 11.7. The van der Waals surface area contributed by atoms with Gasteiger partial charge in [-0.05, 0) is 40.8 Å². The number of rotatable bonds is 4. The molecule has 3 rings (SSSR count). The summed E-state index contributed by atoms with van der Waals surface area (Å²) in [6, 6.07) is 9.37. The van der Waals surface area contributed by atoms with Gasteiger partial charge in [0.1, 0.15) is 10.6 Å². The molecule has 0 saturated carbocycles. The number of phenolic OH excluding ortho intramolecular Hbond substituents is 1. The van der Waals surface area contributed by atoms with Crippen molar-refractivity contribution in [3.63, 3.8) is 0 Å². The van der Waals surface area contributed by atoms with Gasteiger partial charge >= 0.3 is 0 Å². The van der Waals surface area contributed by atoms with Crippen molar-refractivity contribution in [2.45, 2.75) is 16.2 Å². The van der Waals surface area contributed by atoms with Crippen LogP contribution in [0.5, 0.6) is 5.75 Å². The second-order valence-corrected chi connectivity index (χ2v) is 8.99. The summed E-state index contributed by atoms with van der Waals surface area (Å²) in [5.74, 6) is -0.530. The first-order valence-electron chi connectivity index (χ1n) is 7.75. The third-order valence-corrected chi connectivity index (χ3v) is 5.93. The van der Waals surface area contributed by atoms with Crippen LogP contribution >= 0.6 is 0 Å². The Kier molecular flexibility index (Phi) is 4.71. The van der Waals surface area contributed by atoms with Gasteiger partial charge in [-0.15, -0.1) is 0 Å². The lowest BCUT2D eigenvalue weighted by Crippen LogP contribution is -2.08. The van der Waals surface area contributed by atoms with Crippen molar-refractivity contribution in [1.29, 1.82) is 0 Å². The molecule has 11 heteroatoms. The van der Waals surface area contributed by atoms with E-state index in [0.29, 0.717) is 11.3 Å². The highest BCUT2D eigenvalue weighted by atomic mass is 32.2. The Morgan fingerprint density at radius 3 is 2.14 bits per heavy atom. The van der Waals surface area contributed by atoms with Gasteiger partial charge in [-0.1, -0.05) is 12.1 Å². The van der Waals surface area contributed by atoms with E-state index in [-0.39, 0.29) is 28.4 Å². The molecule has 9 nitrogen and oxygen atoms in total. The molecule has 0 aliphatic rings. The predicted octanol–water partition coefficient (Wildman–Crippen LogP) is 1.79. The molecule has 0 atom stereocenters. The summed E-state index contributed by atoms with van der Waals surface area (Å²) in [4.78, 5) is -1.29. The average molecular weight is 424 g/mol.